The van der Waals surface area contributed by atoms with E-state index < -0.39 is 11.9 Å². The van der Waals surface area contributed by atoms with E-state index in [1.807, 2.05) is 32.0 Å². The lowest BCUT2D eigenvalue weighted by Crippen LogP contribution is -2.30. The van der Waals surface area contributed by atoms with Crippen molar-refractivity contribution < 1.29 is 13.2 Å². The number of thiocarbonyl (C=S) groups is 1. The lowest BCUT2D eigenvalue weighted by molar-refractivity contribution is -0.141. The Kier molecular flexibility index (Phi) is 6.52. The van der Waals surface area contributed by atoms with Gasteiger partial charge in [0.1, 0.15) is 0 Å². The summed E-state index contributed by atoms with van der Waals surface area (Å²) in [5, 5.41) is 9.79. The summed E-state index contributed by atoms with van der Waals surface area (Å²) in [5.74, 6) is 0. The van der Waals surface area contributed by atoms with Crippen molar-refractivity contribution in [3.63, 3.8) is 0 Å². The highest BCUT2D eigenvalue weighted by Gasteiger charge is 2.38. The SMILES string of the molecule is Cc1ccc(NC(=S)NCCCn2nc(C(F)(F)F)c(Cl)c2C)cc1C. The Bertz CT molecular complexity index is 802. The highest BCUT2D eigenvalue weighted by molar-refractivity contribution is 7.80. The minimum absolute atomic E-state index is 0.301. The Morgan fingerprint density at radius 1 is 1.23 bits per heavy atom. The van der Waals surface area contributed by atoms with Gasteiger partial charge in [0.2, 0.25) is 0 Å². The Hall–Kier alpha value is -1.80. The van der Waals surface area contributed by atoms with Gasteiger partial charge in [-0.1, -0.05) is 17.7 Å². The predicted octanol–water partition coefficient (Wildman–Crippen LogP) is 4.86. The summed E-state index contributed by atoms with van der Waals surface area (Å²) in [6.45, 7) is 6.37. The minimum atomic E-state index is -4.55. The number of nitrogens with zero attached hydrogens (tertiary/aromatic N) is 2. The average Bonchev–Trinajstić information content (AvgIpc) is 2.83. The van der Waals surface area contributed by atoms with E-state index in [0.717, 1.165) is 11.3 Å². The highest BCUT2D eigenvalue weighted by Crippen LogP contribution is 2.35. The van der Waals surface area contributed by atoms with Crippen LogP contribution in [-0.2, 0) is 12.7 Å². The number of hydrogen-bond acceptors (Lipinski definition) is 2. The largest absolute Gasteiger partial charge is 0.436 e. The first kappa shape index (κ1) is 20.5. The summed E-state index contributed by atoms with van der Waals surface area (Å²) >= 11 is 11.0. The first-order valence-electron chi connectivity index (χ1n) is 8.02. The van der Waals surface area contributed by atoms with Gasteiger partial charge in [0.05, 0.1) is 10.7 Å². The number of anilines is 1. The molecular weight excluding hydrogens is 385 g/mol. The smallest absolute Gasteiger partial charge is 0.362 e. The van der Waals surface area contributed by atoms with E-state index in [1.54, 1.807) is 0 Å². The Morgan fingerprint density at radius 3 is 2.50 bits per heavy atom. The van der Waals surface area contributed by atoms with Crippen LogP contribution >= 0.6 is 23.8 Å². The van der Waals surface area contributed by atoms with Crippen LogP contribution in [-0.4, -0.2) is 21.4 Å². The Balaban J connectivity index is 1.83. The molecule has 0 radical (unpaired) electrons. The maximum Gasteiger partial charge on any atom is 0.436 e. The van der Waals surface area contributed by atoms with Crippen LogP contribution in [0.25, 0.3) is 0 Å². The first-order valence-corrected chi connectivity index (χ1v) is 8.80. The molecule has 0 unspecified atom stereocenters. The van der Waals surface area contributed by atoms with E-state index in [9.17, 15) is 13.2 Å². The third-order valence-electron chi connectivity index (χ3n) is 4.00. The van der Waals surface area contributed by atoms with E-state index in [1.165, 1.54) is 17.2 Å². The molecule has 0 fully saturated rings. The van der Waals surface area contributed by atoms with Gasteiger partial charge in [-0.25, -0.2) is 0 Å². The van der Waals surface area contributed by atoms with Gasteiger partial charge in [-0.2, -0.15) is 18.3 Å². The third-order valence-corrected chi connectivity index (χ3v) is 4.70. The molecule has 0 amide bonds. The number of hydrogen-bond donors (Lipinski definition) is 2. The molecule has 0 aliphatic rings. The van der Waals surface area contributed by atoms with E-state index in [2.05, 4.69) is 15.7 Å². The fourth-order valence-corrected chi connectivity index (χ4v) is 2.81. The van der Waals surface area contributed by atoms with Crippen molar-refractivity contribution in [3.05, 3.63) is 45.7 Å². The van der Waals surface area contributed by atoms with Gasteiger partial charge < -0.3 is 10.6 Å². The molecule has 9 heteroatoms. The molecule has 0 spiro atoms. The molecule has 2 rings (SSSR count). The quantitative estimate of drug-likeness (QED) is 0.551. The van der Waals surface area contributed by atoms with Crippen molar-refractivity contribution >= 4 is 34.6 Å². The van der Waals surface area contributed by atoms with E-state index in [0.29, 0.717) is 30.3 Å². The molecule has 0 saturated carbocycles. The second-order valence-corrected chi connectivity index (χ2v) is 6.79. The second-order valence-electron chi connectivity index (χ2n) is 6.00. The monoisotopic (exact) mass is 404 g/mol. The molecule has 0 saturated heterocycles. The number of rotatable bonds is 5. The molecule has 0 aliphatic carbocycles. The van der Waals surface area contributed by atoms with Crippen molar-refractivity contribution in [2.24, 2.45) is 0 Å². The molecule has 0 bridgehead atoms. The van der Waals surface area contributed by atoms with Crippen LogP contribution in [0.15, 0.2) is 18.2 Å². The second kappa shape index (κ2) is 8.26. The maximum absolute atomic E-state index is 12.8. The van der Waals surface area contributed by atoms with Crippen molar-refractivity contribution in [2.75, 3.05) is 11.9 Å². The van der Waals surface area contributed by atoms with Crippen LogP contribution in [0.3, 0.4) is 0 Å². The van der Waals surface area contributed by atoms with Crippen LogP contribution in [0, 0.1) is 20.8 Å². The van der Waals surface area contributed by atoms with E-state index in [4.69, 9.17) is 23.8 Å². The van der Waals surface area contributed by atoms with Gasteiger partial charge in [-0.3, -0.25) is 4.68 Å². The summed E-state index contributed by atoms with van der Waals surface area (Å²) in [7, 11) is 0. The highest BCUT2D eigenvalue weighted by atomic mass is 35.5. The van der Waals surface area contributed by atoms with Crippen LogP contribution in [0.2, 0.25) is 5.02 Å². The zero-order valence-corrected chi connectivity index (χ0v) is 16.2. The summed E-state index contributed by atoms with van der Waals surface area (Å²) < 4.78 is 39.7. The first-order chi connectivity index (χ1) is 12.1. The molecule has 142 valence electrons. The molecule has 2 N–H and O–H groups in total. The number of aryl methyl sites for hydroxylation is 3. The molecular formula is C17H20ClF3N4S. The normalized spacial score (nSPS) is 11.5. The number of benzene rings is 1. The van der Waals surface area contributed by atoms with Crippen LogP contribution in [0.5, 0.6) is 0 Å². The molecule has 26 heavy (non-hydrogen) atoms. The van der Waals surface area contributed by atoms with Crippen molar-refractivity contribution in [2.45, 2.75) is 39.9 Å². The van der Waals surface area contributed by atoms with Crippen molar-refractivity contribution in [1.82, 2.24) is 15.1 Å². The van der Waals surface area contributed by atoms with Gasteiger partial charge in [0.15, 0.2) is 10.8 Å². The Morgan fingerprint density at radius 2 is 1.92 bits per heavy atom. The van der Waals surface area contributed by atoms with Gasteiger partial charge in [-0.05, 0) is 62.7 Å². The number of halogens is 4. The zero-order valence-electron chi connectivity index (χ0n) is 14.7. The third kappa shape index (κ3) is 5.11. The summed E-state index contributed by atoms with van der Waals surface area (Å²) in [5.41, 5.74) is 2.49. The lowest BCUT2D eigenvalue weighted by atomic mass is 10.1. The zero-order chi connectivity index (χ0) is 19.5. The van der Waals surface area contributed by atoms with Crippen LogP contribution in [0.4, 0.5) is 18.9 Å². The van der Waals surface area contributed by atoms with Gasteiger partial charge in [-0.15, -0.1) is 0 Å². The fraction of sp³-hybridized carbons (Fsp3) is 0.412. The molecule has 0 aliphatic heterocycles. The molecule has 1 heterocycles. The van der Waals surface area contributed by atoms with Crippen molar-refractivity contribution in [3.8, 4) is 0 Å². The van der Waals surface area contributed by atoms with Crippen LogP contribution in [0.1, 0.15) is 28.9 Å². The van der Waals surface area contributed by atoms with E-state index >= 15 is 0 Å². The average molecular weight is 405 g/mol. The molecule has 4 nitrogen and oxygen atoms in total. The van der Waals surface area contributed by atoms with Gasteiger partial charge in [0.25, 0.3) is 0 Å². The fourth-order valence-electron chi connectivity index (χ4n) is 2.35. The van der Waals surface area contributed by atoms with E-state index in [-0.39, 0.29) is 5.02 Å². The number of alkyl halides is 3. The molecule has 0 atom stereocenters. The topological polar surface area (TPSA) is 41.9 Å². The summed E-state index contributed by atoms with van der Waals surface area (Å²) in [4.78, 5) is 0. The molecule has 1 aromatic carbocycles. The van der Waals surface area contributed by atoms with Crippen molar-refractivity contribution in [1.29, 1.82) is 0 Å². The molecule has 2 aromatic rings. The standard InChI is InChI=1S/C17H20ClF3N4S/c1-10-5-6-13(9-11(10)2)23-16(26)22-7-4-8-25-12(3)14(18)15(24-25)17(19,20)21/h5-6,9H,4,7-8H2,1-3H3,(H2,22,23,26). The van der Waals surface area contributed by atoms with Gasteiger partial charge >= 0.3 is 6.18 Å². The van der Waals surface area contributed by atoms with Gasteiger partial charge in [0, 0.05) is 18.8 Å². The lowest BCUT2D eigenvalue weighted by Gasteiger charge is -2.12. The molecule has 1 aromatic heterocycles. The summed E-state index contributed by atoms with van der Waals surface area (Å²) in [6.07, 6.45) is -4.01. The maximum atomic E-state index is 12.8. The summed E-state index contributed by atoms with van der Waals surface area (Å²) in [6, 6.07) is 5.93. The number of nitrogens with one attached hydrogen (secondary N) is 2. The minimum Gasteiger partial charge on any atom is -0.362 e. The predicted molar refractivity (Wildman–Crippen MR) is 102 cm³/mol. The van der Waals surface area contributed by atoms with Crippen LogP contribution < -0.4 is 10.6 Å². The Labute approximate surface area is 160 Å². The number of aromatic nitrogens is 2.